The number of fused-ring (bicyclic) bond motifs is 2. The number of rotatable bonds is 3. The van der Waals surface area contributed by atoms with E-state index in [-0.39, 0.29) is 12.1 Å². The first-order valence-corrected chi connectivity index (χ1v) is 8.96. The molecule has 142 valence electrons. The fraction of sp³-hybridized carbons (Fsp3) is 0.0455. The molecule has 7 heteroatoms. The number of hydrogen-bond donors (Lipinski definition) is 1. The maximum atomic E-state index is 14.9. The van der Waals surface area contributed by atoms with Crippen molar-refractivity contribution in [2.45, 2.75) is 6.54 Å². The Morgan fingerprint density at radius 1 is 0.931 bits per heavy atom. The Hall–Kier alpha value is -3.87. The quantitative estimate of drug-likeness (QED) is 0.502. The molecule has 0 aliphatic rings. The van der Waals surface area contributed by atoms with Crippen LogP contribution >= 0.6 is 0 Å². The van der Waals surface area contributed by atoms with Crippen LogP contribution in [0, 0.1) is 11.6 Å². The van der Waals surface area contributed by atoms with Crippen LogP contribution in [0.2, 0.25) is 0 Å². The highest BCUT2D eigenvalue weighted by Gasteiger charge is 2.15. The normalized spacial score (nSPS) is 11.4. The Labute approximate surface area is 163 Å². The number of benzene rings is 2. The molecule has 0 atom stereocenters. The van der Waals surface area contributed by atoms with Crippen molar-refractivity contribution in [1.29, 1.82) is 0 Å². The summed E-state index contributed by atoms with van der Waals surface area (Å²) in [4.78, 5) is 23.6. The standard InChI is InChI=1S/C22H14F2N4O/c23-17-8-14(15-7-13-5-6-25-22(13)27-10-15)9-18(24)16(17)12-28-20-4-2-1-3-19(20)26-11-21(28)29/h1-11H,12H2,(H,25,27). The molecule has 0 fully saturated rings. The molecule has 5 aromatic rings. The third kappa shape index (κ3) is 2.97. The molecule has 0 spiro atoms. The Kier molecular flexibility index (Phi) is 3.94. The van der Waals surface area contributed by atoms with Crippen LogP contribution in [0.1, 0.15) is 5.56 Å². The zero-order valence-corrected chi connectivity index (χ0v) is 15.1. The molecule has 5 rings (SSSR count). The van der Waals surface area contributed by atoms with Crippen molar-refractivity contribution in [1.82, 2.24) is 19.5 Å². The molecule has 0 bridgehead atoms. The van der Waals surface area contributed by atoms with Crippen molar-refractivity contribution in [3.05, 3.63) is 94.7 Å². The minimum absolute atomic E-state index is 0.178. The Morgan fingerprint density at radius 2 is 1.72 bits per heavy atom. The smallest absolute Gasteiger partial charge is 0.269 e. The molecule has 5 nitrogen and oxygen atoms in total. The van der Waals surface area contributed by atoms with Crippen LogP contribution in [-0.2, 0) is 6.54 Å². The van der Waals surface area contributed by atoms with Gasteiger partial charge in [0.15, 0.2) is 0 Å². The summed E-state index contributed by atoms with van der Waals surface area (Å²) in [5, 5.41) is 0.849. The molecule has 0 radical (unpaired) electrons. The van der Waals surface area contributed by atoms with Gasteiger partial charge in [-0.05, 0) is 42.0 Å². The van der Waals surface area contributed by atoms with Gasteiger partial charge in [0.25, 0.3) is 5.56 Å². The number of para-hydroxylation sites is 2. The van der Waals surface area contributed by atoms with Crippen molar-refractivity contribution < 1.29 is 8.78 Å². The van der Waals surface area contributed by atoms with Gasteiger partial charge in [-0.3, -0.25) is 4.79 Å². The predicted octanol–water partition coefficient (Wildman–Crippen LogP) is 4.27. The van der Waals surface area contributed by atoms with Crippen LogP contribution in [0.5, 0.6) is 0 Å². The molecule has 0 aliphatic heterocycles. The van der Waals surface area contributed by atoms with Crippen molar-refractivity contribution >= 4 is 22.1 Å². The molecular weight excluding hydrogens is 374 g/mol. The van der Waals surface area contributed by atoms with Crippen LogP contribution in [0.25, 0.3) is 33.2 Å². The van der Waals surface area contributed by atoms with E-state index in [1.165, 1.54) is 16.7 Å². The monoisotopic (exact) mass is 388 g/mol. The van der Waals surface area contributed by atoms with Gasteiger partial charge in [-0.15, -0.1) is 0 Å². The number of aromatic amines is 1. The average molecular weight is 388 g/mol. The van der Waals surface area contributed by atoms with Gasteiger partial charge < -0.3 is 9.55 Å². The molecule has 3 aromatic heterocycles. The minimum Gasteiger partial charge on any atom is -0.346 e. The second kappa shape index (κ2) is 6.63. The van der Waals surface area contributed by atoms with Crippen LogP contribution < -0.4 is 5.56 Å². The summed E-state index contributed by atoms with van der Waals surface area (Å²) in [6.07, 6.45) is 4.47. The van der Waals surface area contributed by atoms with E-state index in [2.05, 4.69) is 15.0 Å². The lowest BCUT2D eigenvalue weighted by Crippen LogP contribution is -2.22. The van der Waals surface area contributed by atoms with Gasteiger partial charge in [0.2, 0.25) is 0 Å². The number of H-pyrrole nitrogens is 1. The Morgan fingerprint density at radius 3 is 2.55 bits per heavy atom. The van der Waals surface area contributed by atoms with Crippen molar-refractivity contribution in [2.75, 3.05) is 0 Å². The third-order valence-corrected chi connectivity index (χ3v) is 4.94. The highest BCUT2D eigenvalue weighted by Crippen LogP contribution is 2.27. The molecule has 0 saturated carbocycles. The van der Waals surface area contributed by atoms with E-state index in [4.69, 9.17) is 0 Å². The average Bonchev–Trinajstić information content (AvgIpc) is 3.19. The molecule has 3 heterocycles. The third-order valence-electron chi connectivity index (χ3n) is 4.94. The topological polar surface area (TPSA) is 63.6 Å². The maximum Gasteiger partial charge on any atom is 0.269 e. The van der Waals surface area contributed by atoms with E-state index in [1.54, 1.807) is 36.7 Å². The zero-order valence-electron chi connectivity index (χ0n) is 15.1. The molecule has 1 N–H and O–H groups in total. The largest absolute Gasteiger partial charge is 0.346 e. The first kappa shape index (κ1) is 17.2. The molecule has 29 heavy (non-hydrogen) atoms. The highest BCUT2D eigenvalue weighted by atomic mass is 19.1. The highest BCUT2D eigenvalue weighted by molar-refractivity contribution is 5.81. The van der Waals surface area contributed by atoms with E-state index < -0.39 is 17.2 Å². The summed E-state index contributed by atoms with van der Waals surface area (Å²) in [5.41, 5.74) is 2.19. The van der Waals surface area contributed by atoms with E-state index in [1.807, 2.05) is 12.1 Å². The lowest BCUT2D eigenvalue weighted by molar-refractivity contribution is 0.545. The van der Waals surface area contributed by atoms with Gasteiger partial charge in [0.05, 0.1) is 23.8 Å². The van der Waals surface area contributed by atoms with Gasteiger partial charge in [0, 0.05) is 28.9 Å². The second-order valence-electron chi connectivity index (χ2n) is 6.73. The van der Waals surface area contributed by atoms with Gasteiger partial charge in [-0.1, -0.05) is 12.1 Å². The van der Waals surface area contributed by atoms with Crippen molar-refractivity contribution in [3.8, 4) is 11.1 Å². The summed E-state index contributed by atoms with van der Waals surface area (Å²) < 4.78 is 31.1. The van der Waals surface area contributed by atoms with Crippen LogP contribution in [-0.4, -0.2) is 19.5 Å². The number of nitrogens with one attached hydrogen (secondary N) is 1. The summed E-state index contributed by atoms with van der Waals surface area (Å²) in [5.74, 6) is -1.44. The zero-order chi connectivity index (χ0) is 20.0. The van der Waals surface area contributed by atoms with Crippen LogP contribution in [0.4, 0.5) is 8.78 Å². The summed E-state index contributed by atoms with van der Waals surface area (Å²) in [6.45, 7) is -0.227. The molecular formula is C22H14F2N4O. The predicted molar refractivity (Wildman–Crippen MR) is 107 cm³/mol. The van der Waals surface area contributed by atoms with Crippen LogP contribution in [0.15, 0.2) is 71.9 Å². The van der Waals surface area contributed by atoms with Gasteiger partial charge in [-0.2, -0.15) is 0 Å². The van der Waals surface area contributed by atoms with Gasteiger partial charge in [-0.25, -0.2) is 18.7 Å². The number of pyridine rings is 1. The van der Waals surface area contributed by atoms with E-state index in [9.17, 15) is 13.6 Å². The second-order valence-corrected chi connectivity index (χ2v) is 6.73. The molecule has 0 aliphatic carbocycles. The maximum absolute atomic E-state index is 14.9. The van der Waals surface area contributed by atoms with Crippen molar-refractivity contribution in [2.24, 2.45) is 0 Å². The number of nitrogens with zero attached hydrogens (tertiary/aromatic N) is 3. The fourth-order valence-corrected chi connectivity index (χ4v) is 3.45. The minimum atomic E-state index is -0.720. The summed E-state index contributed by atoms with van der Waals surface area (Å²) >= 11 is 0. The van der Waals surface area contributed by atoms with Gasteiger partial charge in [0.1, 0.15) is 17.3 Å². The molecule has 2 aromatic carbocycles. The lowest BCUT2D eigenvalue weighted by atomic mass is 10.0. The molecule has 0 unspecified atom stereocenters. The molecule has 0 saturated heterocycles. The van der Waals surface area contributed by atoms with E-state index in [0.717, 1.165) is 11.6 Å². The van der Waals surface area contributed by atoms with Crippen molar-refractivity contribution in [3.63, 3.8) is 0 Å². The Balaban J connectivity index is 1.59. The number of halogens is 2. The lowest BCUT2D eigenvalue weighted by Gasteiger charge is -2.12. The Bertz CT molecular complexity index is 1420. The van der Waals surface area contributed by atoms with E-state index >= 15 is 0 Å². The number of aromatic nitrogens is 4. The first-order valence-electron chi connectivity index (χ1n) is 8.96. The molecule has 0 amide bonds. The first-order chi connectivity index (χ1) is 14.1. The van der Waals surface area contributed by atoms with Crippen LogP contribution in [0.3, 0.4) is 0 Å². The summed E-state index contributed by atoms with van der Waals surface area (Å²) in [6, 6.07) is 13.2. The van der Waals surface area contributed by atoms with E-state index in [0.29, 0.717) is 27.8 Å². The SMILES string of the molecule is O=c1cnc2ccccc2n1Cc1c(F)cc(-c2cnc3[nH]ccc3c2)cc1F. The fourth-order valence-electron chi connectivity index (χ4n) is 3.45. The summed E-state index contributed by atoms with van der Waals surface area (Å²) in [7, 11) is 0. The van der Waals surface area contributed by atoms with Gasteiger partial charge >= 0.3 is 0 Å². The number of hydrogen-bond acceptors (Lipinski definition) is 3.